The number of hydrogen-bond donors (Lipinski definition) is 1. The lowest BCUT2D eigenvalue weighted by atomic mass is 9.91. The van der Waals surface area contributed by atoms with Gasteiger partial charge in [0.2, 0.25) is 0 Å². The van der Waals surface area contributed by atoms with Crippen LogP contribution in [-0.4, -0.2) is 30.1 Å². The van der Waals surface area contributed by atoms with Crippen molar-refractivity contribution in [3.05, 3.63) is 69.7 Å². The van der Waals surface area contributed by atoms with Crippen LogP contribution in [0.25, 0.3) is 0 Å². The molecule has 0 radical (unpaired) electrons. The Hall–Kier alpha value is -1.06. The molecule has 0 aromatic heterocycles. The van der Waals surface area contributed by atoms with Gasteiger partial charge in [-0.3, -0.25) is 4.90 Å². The Balaban J connectivity index is 1.30. The Labute approximate surface area is 171 Å². The summed E-state index contributed by atoms with van der Waals surface area (Å²) in [7, 11) is 0. The van der Waals surface area contributed by atoms with Gasteiger partial charge in [-0.1, -0.05) is 53.9 Å². The zero-order chi connectivity index (χ0) is 18.4. The van der Waals surface area contributed by atoms with E-state index in [2.05, 4.69) is 34.5 Å². The molecule has 1 saturated heterocycles. The SMILES string of the molecule is Clc1ccc(C(c2ccc(Cl)cc2)N2CC(NC3CC4CCC3C4)C2)cc1. The third-order valence-corrected chi connectivity index (χ3v) is 7.34. The summed E-state index contributed by atoms with van der Waals surface area (Å²) in [5, 5.41) is 5.54. The van der Waals surface area contributed by atoms with Gasteiger partial charge in [0.05, 0.1) is 6.04 Å². The van der Waals surface area contributed by atoms with Crippen LogP contribution in [0.2, 0.25) is 10.0 Å². The van der Waals surface area contributed by atoms with Crippen LogP contribution in [0.15, 0.2) is 48.5 Å². The summed E-state index contributed by atoms with van der Waals surface area (Å²) in [5.41, 5.74) is 2.58. The van der Waals surface area contributed by atoms with Crippen molar-refractivity contribution in [3.63, 3.8) is 0 Å². The molecular weight excluding hydrogens is 375 g/mol. The average molecular weight is 401 g/mol. The van der Waals surface area contributed by atoms with Gasteiger partial charge in [-0.2, -0.15) is 0 Å². The van der Waals surface area contributed by atoms with Crippen LogP contribution in [0.3, 0.4) is 0 Å². The molecule has 1 N–H and O–H groups in total. The fourth-order valence-corrected chi connectivity index (χ4v) is 5.74. The van der Waals surface area contributed by atoms with Crippen LogP contribution >= 0.6 is 23.2 Å². The molecule has 0 amide bonds. The van der Waals surface area contributed by atoms with Gasteiger partial charge in [0, 0.05) is 35.2 Å². The number of rotatable bonds is 5. The van der Waals surface area contributed by atoms with Crippen LogP contribution in [0.1, 0.15) is 42.9 Å². The Morgan fingerprint density at radius 3 is 1.89 bits per heavy atom. The molecule has 3 atom stereocenters. The first-order chi connectivity index (χ1) is 13.2. The zero-order valence-corrected chi connectivity index (χ0v) is 17.0. The Kier molecular flexibility index (Phi) is 4.94. The van der Waals surface area contributed by atoms with Crippen LogP contribution < -0.4 is 5.32 Å². The second kappa shape index (κ2) is 7.40. The van der Waals surface area contributed by atoms with Gasteiger partial charge in [0.25, 0.3) is 0 Å². The van der Waals surface area contributed by atoms with Crippen molar-refractivity contribution in [2.45, 2.75) is 43.8 Å². The lowest BCUT2D eigenvalue weighted by Gasteiger charge is -2.46. The molecular formula is C23H26Cl2N2. The molecule has 1 aliphatic heterocycles. The molecule has 2 saturated carbocycles. The normalized spacial score (nSPS) is 28.0. The molecule has 142 valence electrons. The van der Waals surface area contributed by atoms with Crippen molar-refractivity contribution >= 4 is 23.2 Å². The molecule has 2 aromatic carbocycles. The molecule has 3 unspecified atom stereocenters. The number of benzene rings is 2. The molecule has 2 nitrogen and oxygen atoms in total. The highest BCUT2D eigenvalue weighted by molar-refractivity contribution is 6.30. The number of nitrogens with one attached hydrogen (secondary N) is 1. The summed E-state index contributed by atoms with van der Waals surface area (Å²) in [4.78, 5) is 2.57. The van der Waals surface area contributed by atoms with Crippen molar-refractivity contribution in [1.29, 1.82) is 0 Å². The van der Waals surface area contributed by atoms with Gasteiger partial charge in [-0.25, -0.2) is 0 Å². The molecule has 2 aliphatic carbocycles. The van der Waals surface area contributed by atoms with Gasteiger partial charge in [0.15, 0.2) is 0 Å². The van der Waals surface area contributed by atoms with Crippen LogP contribution in [-0.2, 0) is 0 Å². The zero-order valence-electron chi connectivity index (χ0n) is 15.5. The lowest BCUT2D eigenvalue weighted by molar-refractivity contribution is 0.0803. The van der Waals surface area contributed by atoms with E-state index in [1.807, 2.05) is 24.3 Å². The van der Waals surface area contributed by atoms with Gasteiger partial charge in [-0.05, 0) is 66.5 Å². The number of likely N-dealkylation sites (tertiary alicyclic amines) is 1. The van der Waals surface area contributed by atoms with Crippen molar-refractivity contribution in [2.75, 3.05) is 13.1 Å². The minimum Gasteiger partial charge on any atom is -0.308 e. The summed E-state index contributed by atoms with van der Waals surface area (Å²) >= 11 is 12.2. The highest BCUT2D eigenvalue weighted by Gasteiger charge is 2.42. The smallest absolute Gasteiger partial charge is 0.0602 e. The summed E-state index contributed by atoms with van der Waals surface area (Å²) in [6.45, 7) is 2.20. The molecule has 27 heavy (non-hydrogen) atoms. The van der Waals surface area contributed by atoms with E-state index in [1.165, 1.54) is 36.8 Å². The Morgan fingerprint density at radius 1 is 0.815 bits per heavy atom. The Morgan fingerprint density at radius 2 is 1.41 bits per heavy atom. The molecule has 0 spiro atoms. The molecule has 3 aliphatic rings. The first-order valence-electron chi connectivity index (χ1n) is 10.2. The molecule has 4 heteroatoms. The third-order valence-electron chi connectivity index (χ3n) is 6.83. The largest absolute Gasteiger partial charge is 0.308 e. The minimum absolute atomic E-state index is 0.262. The van der Waals surface area contributed by atoms with Crippen LogP contribution in [0.4, 0.5) is 0 Å². The van der Waals surface area contributed by atoms with Crippen molar-refractivity contribution < 1.29 is 0 Å². The summed E-state index contributed by atoms with van der Waals surface area (Å²) < 4.78 is 0. The molecule has 5 rings (SSSR count). The van der Waals surface area contributed by atoms with E-state index in [0.29, 0.717) is 6.04 Å². The number of hydrogen-bond acceptors (Lipinski definition) is 2. The lowest BCUT2D eigenvalue weighted by Crippen LogP contribution is -2.61. The van der Waals surface area contributed by atoms with Gasteiger partial charge in [-0.15, -0.1) is 0 Å². The first kappa shape index (κ1) is 18.0. The van der Waals surface area contributed by atoms with Gasteiger partial charge in [0.1, 0.15) is 0 Å². The fraction of sp³-hybridized carbons (Fsp3) is 0.478. The van der Waals surface area contributed by atoms with E-state index in [-0.39, 0.29) is 6.04 Å². The minimum atomic E-state index is 0.262. The van der Waals surface area contributed by atoms with Crippen molar-refractivity contribution in [2.24, 2.45) is 11.8 Å². The maximum atomic E-state index is 6.12. The van der Waals surface area contributed by atoms with Crippen LogP contribution in [0, 0.1) is 11.8 Å². The fourth-order valence-electron chi connectivity index (χ4n) is 5.48. The summed E-state index contributed by atoms with van der Waals surface area (Å²) in [6.07, 6.45) is 5.77. The average Bonchev–Trinajstić information content (AvgIpc) is 3.25. The monoisotopic (exact) mass is 400 g/mol. The first-order valence-corrected chi connectivity index (χ1v) is 10.9. The predicted molar refractivity (Wildman–Crippen MR) is 112 cm³/mol. The maximum Gasteiger partial charge on any atom is 0.0602 e. The maximum absolute atomic E-state index is 6.12. The quantitative estimate of drug-likeness (QED) is 0.707. The summed E-state index contributed by atoms with van der Waals surface area (Å²) in [5.74, 6) is 1.94. The second-order valence-electron chi connectivity index (χ2n) is 8.60. The third kappa shape index (κ3) is 3.65. The van der Waals surface area contributed by atoms with E-state index >= 15 is 0 Å². The van der Waals surface area contributed by atoms with E-state index < -0.39 is 0 Å². The topological polar surface area (TPSA) is 15.3 Å². The molecule has 3 fully saturated rings. The second-order valence-corrected chi connectivity index (χ2v) is 9.48. The molecule has 1 heterocycles. The van der Waals surface area contributed by atoms with Crippen LogP contribution in [0.5, 0.6) is 0 Å². The van der Waals surface area contributed by atoms with E-state index in [0.717, 1.165) is 41.0 Å². The van der Waals surface area contributed by atoms with Gasteiger partial charge >= 0.3 is 0 Å². The predicted octanol–water partition coefficient (Wildman–Crippen LogP) is 5.55. The number of nitrogens with zero attached hydrogens (tertiary/aromatic N) is 1. The van der Waals surface area contributed by atoms with Crippen molar-refractivity contribution in [1.82, 2.24) is 10.2 Å². The highest BCUT2D eigenvalue weighted by Crippen LogP contribution is 2.45. The highest BCUT2D eigenvalue weighted by atomic mass is 35.5. The van der Waals surface area contributed by atoms with E-state index in [4.69, 9.17) is 23.2 Å². The standard InChI is InChI=1S/C23H26Cl2N2/c24-19-7-3-16(4-8-19)23(17-5-9-20(25)10-6-17)27-13-21(14-27)26-22-12-15-1-2-18(22)11-15/h3-10,15,18,21-23,26H,1-2,11-14H2. The number of fused-ring (bicyclic) bond motifs is 2. The molecule has 2 bridgehead atoms. The number of halogens is 2. The summed E-state index contributed by atoms with van der Waals surface area (Å²) in [6, 6.07) is 18.2. The van der Waals surface area contributed by atoms with Crippen molar-refractivity contribution in [3.8, 4) is 0 Å². The molecule has 2 aromatic rings. The van der Waals surface area contributed by atoms with Gasteiger partial charge < -0.3 is 5.32 Å². The van der Waals surface area contributed by atoms with E-state index in [9.17, 15) is 0 Å². The van der Waals surface area contributed by atoms with E-state index in [1.54, 1.807) is 0 Å². The Bertz CT molecular complexity index is 738.